The normalized spacial score (nSPS) is 19.6. The highest BCUT2D eigenvalue weighted by Gasteiger charge is 2.44. The van der Waals surface area contributed by atoms with E-state index >= 15 is 0 Å². The third-order valence-electron chi connectivity index (χ3n) is 4.85. The van der Waals surface area contributed by atoms with E-state index in [4.69, 9.17) is 14.2 Å². The lowest BCUT2D eigenvalue weighted by Crippen LogP contribution is -2.39. The minimum Gasteiger partial charge on any atom is -0.493 e. The molecule has 1 aliphatic rings. The minimum absolute atomic E-state index is 0.0349. The first-order valence-electron chi connectivity index (χ1n) is 9.50. The molecule has 0 bridgehead atoms. The first kappa shape index (κ1) is 22.0. The highest BCUT2D eigenvalue weighted by atomic mass is 16.5. The fraction of sp³-hybridized carbons (Fsp3) is 0.619. The van der Waals surface area contributed by atoms with Crippen LogP contribution in [-0.4, -0.2) is 57.7 Å². The number of hydrogen-bond acceptors (Lipinski definition) is 5. The molecule has 1 aliphatic heterocycles. The first-order chi connectivity index (χ1) is 13.2. The first-order valence-corrected chi connectivity index (χ1v) is 9.50. The Morgan fingerprint density at radius 3 is 2.43 bits per heavy atom. The van der Waals surface area contributed by atoms with E-state index in [1.807, 2.05) is 12.1 Å². The fourth-order valence-electron chi connectivity index (χ4n) is 3.41. The van der Waals surface area contributed by atoms with Gasteiger partial charge in [0.05, 0.1) is 32.8 Å². The van der Waals surface area contributed by atoms with Crippen LogP contribution in [0.3, 0.4) is 0 Å². The van der Waals surface area contributed by atoms with Crippen molar-refractivity contribution in [3.63, 3.8) is 0 Å². The lowest BCUT2D eigenvalue weighted by atomic mass is 9.91. The molecule has 2 rings (SSSR count). The van der Waals surface area contributed by atoms with Gasteiger partial charge in [-0.3, -0.25) is 9.59 Å². The van der Waals surface area contributed by atoms with Gasteiger partial charge in [-0.05, 0) is 23.1 Å². The van der Waals surface area contributed by atoms with Gasteiger partial charge in [0.2, 0.25) is 11.8 Å². The zero-order valence-corrected chi connectivity index (χ0v) is 17.7. The van der Waals surface area contributed by atoms with Crippen LogP contribution in [0.4, 0.5) is 0 Å². The molecule has 1 heterocycles. The van der Waals surface area contributed by atoms with Gasteiger partial charge in [-0.2, -0.15) is 0 Å². The van der Waals surface area contributed by atoms with Crippen molar-refractivity contribution in [3.05, 3.63) is 23.8 Å². The molecule has 0 spiro atoms. The SMILES string of the molecule is COCCN1C(=O)C[C@@H](C(=O)NCC(C)(C)C)[C@@H]1c1ccc(OC)c(OC)c1. The van der Waals surface area contributed by atoms with Crippen molar-refractivity contribution in [2.75, 3.05) is 41.0 Å². The van der Waals surface area contributed by atoms with Crippen LogP contribution in [0.15, 0.2) is 18.2 Å². The summed E-state index contributed by atoms with van der Waals surface area (Å²) in [6, 6.07) is 5.15. The van der Waals surface area contributed by atoms with E-state index in [0.717, 1.165) is 5.56 Å². The quantitative estimate of drug-likeness (QED) is 0.735. The van der Waals surface area contributed by atoms with Crippen LogP contribution in [0.1, 0.15) is 38.8 Å². The summed E-state index contributed by atoms with van der Waals surface area (Å²) in [5.74, 6) is 0.549. The molecule has 1 saturated heterocycles. The third-order valence-corrected chi connectivity index (χ3v) is 4.85. The van der Waals surface area contributed by atoms with Gasteiger partial charge in [0.15, 0.2) is 11.5 Å². The zero-order chi connectivity index (χ0) is 20.9. The smallest absolute Gasteiger partial charge is 0.226 e. The molecule has 28 heavy (non-hydrogen) atoms. The number of carbonyl (C=O) groups excluding carboxylic acids is 2. The second kappa shape index (κ2) is 9.28. The van der Waals surface area contributed by atoms with Crippen LogP contribution in [0.25, 0.3) is 0 Å². The van der Waals surface area contributed by atoms with E-state index < -0.39 is 5.92 Å². The van der Waals surface area contributed by atoms with E-state index in [0.29, 0.717) is 31.2 Å². The Balaban J connectivity index is 2.36. The highest BCUT2D eigenvalue weighted by Crippen LogP contribution is 2.41. The number of carbonyl (C=O) groups is 2. The number of rotatable bonds is 8. The van der Waals surface area contributed by atoms with E-state index in [-0.39, 0.29) is 29.7 Å². The molecule has 1 N–H and O–H groups in total. The van der Waals surface area contributed by atoms with E-state index in [1.54, 1.807) is 32.3 Å². The van der Waals surface area contributed by atoms with E-state index in [1.165, 1.54) is 0 Å². The number of nitrogens with one attached hydrogen (secondary N) is 1. The minimum atomic E-state index is -0.468. The van der Waals surface area contributed by atoms with Crippen LogP contribution in [0.5, 0.6) is 11.5 Å². The van der Waals surface area contributed by atoms with Crippen molar-refractivity contribution in [2.24, 2.45) is 11.3 Å². The maximum absolute atomic E-state index is 12.9. The Hall–Kier alpha value is -2.28. The van der Waals surface area contributed by atoms with Gasteiger partial charge >= 0.3 is 0 Å². The maximum Gasteiger partial charge on any atom is 0.226 e. The van der Waals surface area contributed by atoms with Gasteiger partial charge in [0, 0.05) is 26.6 Å². The Bertz CT molecular complexity index is 699. The van der Waals surface area contributed by atoms with E-state index in [9.17, 15) is 9.59 Å². The van der Waals surface area contributed by atoms with Crippen LogP contribution >= 0.6 is 0 Å². The summed E-state index contributed by atoms with van der Waals surface area (Å²) in [5.41, 5.74) is 0.808. The van der Waals surface area contributed by atoms with Crippen LogP contribution in [0.2, 0.25) is 0 Å². The molecule has 0 unspecified atom stereocenters. The molecular weight excluding hydrogens is 360 g/mol. The molecule has 1 aromatic carbocycles. The lowest BCUT2D eigenvalue weighted by molar-refractivity contribution is -0.129. The molecule has 7 heteroatoms. The molecule has 2 atom stereocenters. The second-order valence-electron chi connectivity index (χ2n) is 8.23. The van der Waals surface area contributed by atoms with Gasteiger partial charge in [-0.1, -0.05) is 26.8 Å². The number of benzene rings is 1. The second-order valence-corrected chi connectivity index (χ2v) is 8.23. The Morgan fingerprint density at radius 1 is 1.18 bits per heavy atom. The van der Waals surface area contributed by atoms with Gasteiger partial charge in [0.25, 0.3) is 0 Å². The summed E-state index contributed by atoms with van der Waals surface area (Å²) in [6.07, 6.45) is 0.179. The summed E-state index contributed by atoms with van der Waals surface area (Å²) in [7, 11) is 4.74. The van der Waals surface area contributed by atoms with Crippen LogP contribution < -0.4 is 14.8 Å². The highest BCUT2D eigenvalue weighted by molar-refractivity contribution is 5.90. The van der Waals surface area contributed by atoms with Crippen molar-refractivity contribution in [1.82, 2.24) is 10.2 Å². The lowest BCUT2D eigenvalue weighted by Gasteiger charge is -2.29. The molecule has 0 aromatic heterocycles. The number of ether oxygens (including phenoxy) is 3. The van der Waals surface area contributed by atoms with Crippen molar-refractivity contribution in [1.29, 1.82) is 0 Å². The molecule has 2 amide bonds. The monoisotopic (exact) mass is 392 g/mol. The topological polar surface area (TPSA) is 77.1 Å². The maximum atomic E-state index is 12.9. The fourth-order valence-corrected chi connectivity index (χ4v) is 3.41. The summed E-state index contributed by atoms with van der Waals surface area (Å²) in [5, 5.41) is 3.01. The largest absolute Gasteiger partial charge is 0.493 e. The zero-order valence-electron chi connectivity index (χ0n) is 17.7. The number of hydrogen-bond donors (Lipinski definition) is 1. The summed E-state index contributed by atoms with van der Waals surface area (Å²) in [4.78, 5) is 27.4. The van der Waals surface area contributed by atoms with E-state index in [2.05, 4.69) is 26.1 Å². The molecule has 0 saturated carbocycles. The number of likely N-dealkylation sites (tertiary alicyclic amines) is 1. The molecule has 1 aromatic rings. The summed E-state index contributed by atoms with van der Waals surface area (Å²) >= 11 is 0. The van der Waals surface area contributed by atoms with Crippen LogP contribution in [0, 0.1) is 11.3 Å². The molecule has 0 aliphatic carbocycles. The summed E-state index contributed by atoms with van der Waals surface area (Å²) < 4.78 is 15.9. The van der Waals surface area contributed by atoms with Gasteiger partial charge in [0.1, 0.15) is 0 Å². The number of methoxy groups -OCH3 is 3. The standard InChI is InChI=1S/C21H32N2O5/c1-21(2,3)13-22-20(25)15-12-18(24)23(9-10-26-4)19(15)14-7-8-16(27-5)17(11-14)28-6/h7-8,11,15,19H,9-10,12-13H2,1-6H3,(H,22,25)/t15-,19+/m1/s1. The summed E-state index contributed by atoms with van der Waals surface area (Å²) in [6.45, 7) is 7.56. The van der Waals surface area contributed by atoms with Gasteiger partial charge in [-0.25, -0.2) is 0 Å². The molecule has 1 fully saturated rings. The average molecular weight is 392 g/mol. The predicted octanol–water partition coefficient (Wildman–Crippen LogP) is 2.40. The Kier molecular flexibility index (Phi) is 7.29. The van der Waals surface area contributed by atoms with Crippen molar-refractivity contribution < 1.29 is 23.8 Å². The van der Waals surface area contributed by atoms with Crippen molar-refractivity contribution in [2.45, 2.75) is 33.2 Å². The average Bonchev–Trinajstić information content (AvgIpc) is 2.99. The molecule has 0 radical (unpaired) electrons. The Labute approximate surface area is 167 Å². The van der Waals surface area contributed by atoms with Crippen molar-refractivity contribution >= 4 is 11.8 Å². The number of nitrogens with zero attached hydrogens (tertiary/aromatic N) is 1. The molecular formula is C21H32N2O5. The molecule has 156 valence electrons. The number of amides is 2. The van der Waals surface area contributed by atoms with Crippen molar-refractivity contribution in [3.8, 4) is 11.5 Å². The predicted molar refractivity (Wildman–Crippen MR) is 106 cm³/mol. The molecule has 7 nitrogen and oxygen atoms in total. The third kappa shape index (κ3) is 5.16. The van der Waals surface area contributed by atoms with Crippen LogP contribution in [-0.2, 0) is 14.3 Å². The Morgan fingerprint density at radius 2 is 1.86 bits per heavy atom. The van der Waals surface area contributed by atoms with Gasteiger partial charge < -0.3 is 24.4 Å². The van der Waals surface area contributed by atoms with Gasteiger partial charge in [-0.15, -0.1) is 0 Å².